The Morgan fingerprint density at radius 3 is 2.30 bits per heavy atom. The number of nitrogens with zero attached hydrogens (tertiary/aromatic N) is 1. The Hall–Kier alpha value is -3.43. The molecule has 162 valence electrons. The monoisotopic (exact) mass is 446 g/mol. The van der Waals surface area contributed by atoms with Crippen LogP contribution in [0.1, 0.15) is 11.1 Å². The average Bonchev–Trinajstić information content (AvgIpc) is 2.82. The van der Waals surface area contributed by atoms with Crippen molar-refractivity contribution in [2.75, 3.05) is 0 Å². The molecule has 0 saturated heterocycles. The highest BCUT2D eigenvalue weighted by molar-refractivity contribution is 7.00. The molecule has 0 spiro atoms. The second-order valence-corrected chi connectivity index (χ2v) is 14.2. The zero-order valence-electron chi connectivity index (χ0n) is 19.9. The largest absolute Gasteiger partial charge is 0.450 e. The summed E-state index contributed by atoms with van der Waals surface area (Å²) in [6.45, 7) is 9.30. The van der Waals surface area contributed by atoms with E-state index in [2.05, 4.69) is 117 Å². The average molecular weight is 447 g/mol. The van der Waals surface area contributed by atoms with Crippen molar-refractivity contribution in [3.8, 4) is 22.8 Å². The van der Waals surface area contributed by atoms with Crippen LogP contribution in [-0.4, -0.2) is 8.07 Å². The predicted molar refractivity (Wildman–Crippen MR) is 141 cm³/mol. The lowest BCUT2D eigenvalue weighted by Crippen LogP contribution is -2.52. The highest BCUT2D eigenvalue weighted by atomic mass is 28.3. The number of hydrogen-bond acceptors (Lipinski definition) is 1. The Morgan fingerprint density at radius 2 is 1.52 bits per heavy atom. The fourth-order valence-electron chi connectivity index (χ4n) is 5.41. The summed E-state index contributed by atoms with van der Waals surface area (Å²) < 4.78 is 8.86. The van der Waals surface area contributed by atoms with Gasteiger partial charge in [0, 0.05) is 22.9 Å². The standard InChI is InChI=1S/C30H28NOSi/c1-19-16-21-10-9-13-26-29(21)28(20(19)2)30-27(32-26)18-22-17-24(14-15-25(22)31(30)3)33(4,5)23-11-7-6-8-12-23/h6-18H,1-5H3/q+1. The van der Waals surface area contributed by atoms with E-state index in [4.69, 9.17) is 4.74 Å². The van der Waals surface area contributed by atoms with E-state index in [1.807, 2.05) is 0 Å². The number of aryl methyl sites for hydroxylation is 2. The molecule has 0 atom stereocenters. The highest BCUT2D eigenvalue weighted by Gasteiger charge is 2.32. The Bertz CT molecular complexity index is 1580. The normalized spacial score (nSPS) is 12.6. The number of rotatable bonds is 2. The fraction of sp³-hybridized carbons (Fsp3) is 0.167. The summed E-state index contributed by atoms with van der Waals surface area (Å²) in [5, 5.41) is 6.58. The smallest absolute Gasteiger partial charge is 0.256 e. The maximum absolute atomic E-state index is 6.53. The van der Waals surface area contributed by atoms with Crippen LogP contribution in [0.15, 0.2) is 78.9 Å². The molecule has 5 aromatic rings. The van der Waals surface area contributed by atoms with Crippen molar-refractivity contribution in [1.29, 1.82) is 0 Å². The Kier molecular flexibility index (Phi) is 4.30. The molecule has 0 saturated carbocycles. The lowest BCUT2D eigenvalue weighted by Gasteiger charge is -2.25. The summed E-state index contributed by atoms with van der Waals surface area (Å²) >= 11 is 0. The molecule has 0 fully saturated rings. The van der Waals surface area contributed by atoms with E-state index < -0.39 is 8.07 Å². The van der Waals surface area contributed by atoms with Crippen LogP contribution in [0, 0.1) is 13.8 Å². The molecule has 0 bridgehead atoms. The molecule has 2 nitrogen and oxygen atoms in total. The third kappa shape index (κ3) is 2.89. The van der Waals surface area contributed by atoms with Gasteiger partial charge in [-0.2, -0.15) is 4.57 Å². The van der Waals surface area contributed by atoms with E-state index in [-0.39, 0.29) is 0 Å². The van der Waals surface area contributed by atoms with Crippen LogP contribution < -0.4 is 19.7 Å². The zero-order valence-corrected chi connectivity index (χ0v) is 20.9. The van der Waals surface area contributed by atoms with Gasteiger partial charge < -0.3 is 4.74 Å². The van der Waals surface area contributed by atoms with Gasteiger partial charge in [0.15, 0.2) is 5.75 Å². The maximum atomic E-state index is 6.53. The summed E-state index contributed by atoms with van der Waals surface area (Å²) in [6, 6.07) is 28.9. The lowest BCUT2D eigenvalue weighted by molar-refractivity contribution is -0.633. The van der Waals surface area contributed by atoms with Crippen LogP contribution in [0.2, 0.25) is 13.1 Å². The molecule has 4 aromatic carbocycles. The van der Waals surface area contributed by atoms with E-state index in [9.17, 15) is 0 Å². The summed E-state index contributed by atoms with van der Waals surface area (Å²) in [5.74, 6) is 1.89. The summed E-state index contributed by atoms with van der Waals surface area (Å²) in [6.07, 6.45) is 0. The van der Waals surface area contributed by atoms with Gasteiger partial charge in [-0.3, -0.25) is 0 Å². The lowest BCUT2D eigenvalue weighted by atomic mass is 9.90. The molecule has 0 aliphatic carbocycles. The van der Waals surface area contributed by atoms with Crippen molar-refractivity contribution in [1.82, 2.24) is 0 Å². The summed E-state index contributed by atoms with van der Waals surface area (Å²) in [4.78, 5) is 0. The highest BCUT2D eigenvalue weighted by Crippen LogP contribution is 2.47. The van der Waals surface area contributed by atoms with Crippen LogP contribution in [0.4, 0.5) is 0 Å². The molecule has 0 amide bonds. The molecule has 0 unspecified atom stereocenters. The van der Waals surface area contributed by atoms with Crippen molar-refractivity contribution in [3.63, 3.8) is 0 Å². The summed E-state index contributed by atoms with van der Waals surface area (Å²) in [5.41, 5.74) is 6.33. The van der Waals surface area contributed by atoms with Crippen LogP contribution in [0.5, 0.6) is 11.5 Å². The van der Waals surface area contributed by atoms with Crippen molar-refractivity contribution >= 4 is 40.1 Å². The molecule has 1 aliphatic heterocycles. The summed E-state index contributed by atoms with van der Waals surface area (Å²) in [7, 11) is 0.383. The van der Waals surface area contributed by atoms with Gasteiger partial charge in [0.25, 0.3) is 5.69 Å². The van der Waals surface area contributed by atoms with Gasteiger partial charge in [-0.1, -0.05) is 78.1 Å². The second-order valence-electron chi connectivity index (χ2n) is 9.83. The molecular formula is C30H28NOSi+. The second kappa shape index (κ2) is 7.03. The molecule has 1 aliphatic rings. The predicted octanol–water partition coefficient (Wildman–Crippen LogP) is 6.03. The molecule has 33 heavy (non-hydrogen) atoms. The molecule has 3 heteroatoms. The minimum atomic E-state index is -1.79. The van der Waals surface area contributed by atoms with Crippen LogP contribution in [-0.2, 0) is 7.05 Å². The van der Waals surface area contributed by atoms with Crippen molar-refractivity contribution in [2.45, 2.75) is 26.9 Å². The third-order valence-corrected chi connectivity index (χ3v) is 11.1. The van der Waals surface area contributed by atoms with Crippen molar-refractivity contribution in [3.05, 3.63) is 90.0 Å². The number of ether oxygens (including phenoxy) is 1. The van der Waals surface area contributed by atoms with Crippen LogP contribution in [0.25, 0.3) is 32.9 Å². The van der Waals surface area contributed by atoms with Gasteiger partial charge >= 0.3 is 0 Å². The van der Waals surface area contributed by atoms with Gasteiger partial charge in [0.1, 0.15) is 20.9 Å². The number of benzene rings is 4. The molecule has 2 heterocycles. The van der Waals surface area contributed by atoms with Crippen molar-refractivity contribution in [2.24, 2.45) is 7.05 Å². The van der Waals surface area contributed by atoms with Gasteiger partial charge in [-0.25, -0.2) is 0 Å². The molecule has 1 aromatic heterocycles. The number of hydrogen-bond donors (Lipinski definition) is 0. The molecule has 6 rings (SSSR count). The first kappa shape index (κ1) is 20.2. The SMILES string of the molecule is Cc1cc2cccc3c2c(c1C)-c1c(cc2cc([Si](C)(C)c4ccccc4)ccc2[n+]1C)O3. The first-order valence-electron chi connectivity index (χ1n) is 11.6. The molecule has 0 N–H and O–H groups in total. The van der Waals surface area contributed by atoms with E-state index in [1.54, 1.807) is 0 Å². The first-order valence-corrected chi connectivity index (χ1v) is 14.6. The van der Waals surface area contributed by atoms with Gasteiger partial charge in [0.05, 0.1) is 5.56 Å². The topological polar surface area (TPSA) is 13.1 Å². The van der Waals surface area contributed by atoms with E-state index in [0.29, 0.717) is 0 Å². The van der Waals surface area contributed by atoms with E-state index >= 15 is 0 Å². The third-order valence-electron chi connectivity index (χ3n) is 7.57. The number of pyridine rings is 1. The zero-order chi connectivity index (χ0) is 22.9. The number of fused-ring (bicyclic) bond motifs is 3. The van der Waals surface area contributed by atoms with Crippen LogP contribution in [0.3, 0.4) is 0 Å². The number of aromatic nitrogens is 1. The van der Waals surface area contributed by atoms with Gasteiger partial charge in [-0.15, -0.1) is 0 Å². The molecular weight excluding hydrogens is 418 g/mol. The quantitative estimate of drug-likeness (QED) is 0.234. The molecule has 0 radical (unpaired) electrons. The Morgan fingerprint density at radius 1 is 0.727 bits per heavy atom. The van der Waals surface area contributed by atoms with E-state index in [0.717, 1.165) is 11.5 Å². The van der Waals surface area contributed by atoms with Crippen molar-refractivity contribution < 1.29 is 9.30 Å². The fourth-order valence-corrected chi connectivity index (χ4v) is 7.79. The van der Waals surface area contributed by atoms with E-state index in [1.165, 1.54) is 54.4 Å². The van der Waals surface area contributed by atoms with Gasteiger partial charge in [0.2, 0.25) is 5.52 Å². The first-order chi connectivity index (χ1) is 15.9. The minimum absolute atomic E-state index is 0.940. The Balaban J connectivity index is 1.62. The Labute approximate surface area is 196 Å². The van der Waals surface area contributed by atoms with Gasteiger partial charge in [-0.05, 0) is 42.5 Å². The maximum Gasteiger partial charge on any atom is 0.256 e. The van der Waals surface area contributed by atoms with Crippen LogP contribution >= 0.6 is 0 Å². The minimum Gasteiger partial charge on any atom is -0.450 e.